The fraction of sp³-hybridized carbons (Fsp3) is 0.821. The van der Waals surface area contributed by atoms with Crippen LogP contribution >= 0.6 is 0 Å². The molecule has 7 nitrogen and oxygen atoms in total. The molecule has 0 spiro atoms. The third-order valence-electron chi connectivity index (χ3n) is 8.68. The van der Waals surface area contributed by atoms with Gasteiger partial charge in [-0.1, -0.05) is 179 Å². The van der Waals surface area contributed by atoms with Gasteiger partial charge in [0.1, 0.15) is 6.10 Å². The highest BCUT2D eigenvalue weighted by molar-refractivity contribution is 7.85. The Morgan fingerprint density at radius 2 is 1.00 bits per heavy atom. The van der Waals surface area contributed by atoms with Gasteiger partial charge in [-0.15, -0.1) is 0 Å². The van der Waals surface area contributed by atoms with E-state index >= 15 is 0 Å². The van der Waals surface area contributed by atoms with E-state index in [0.717, 1.165) is 25.7 Å². The highest BCUT2D eigenvalue weighted by Crippen LogP contribution is 2.14. The summed E-state index contributed by atoms with van der Waals surface area (Å²) in [6, 6.07) is -1.26. The van der Waals surface area contributed by atoms with Gasteiger partial charge in [0, 0.05) is 6.42 Å². The summed E-state index contributed by atoms with van der Waals surface area (Å²) in [6.45, 7) is 4.48. The van der Waals surface area contributed by atoms with Gasteiger partial charge in [-0.3, -0.25) is 9.35 Å². The molecule has 0 aromatic rings. The molecule has 0 aliphatic carbocycles. The molecule has 3 unspecified atom stereocenters. The predicted octanol–water partition coefficient (Wildman–Crippen LogP) is 9.93. The summed E-state index contributed by atoms with van der Waals surface area (Å²) in [4.78, 5) is 12.5. The summed E-state index contributed by atoms with van der Waals surface area (Å²) in [5.74, 6) is -1.62. The summed E-state index contributed by atoms with van der Waals surface area (Å²) in [5, 5.41) is 23.2. The van der Waals surface area contributed by atoms with Crippen LogP contribution in [-0.2, 0) is 14.9 Å². The van der Waals surface area contributed by atoms with Crippen LogP contribution in [0.15, 0.2) is 36.5 Å². The predicted molar refractivity (Wildman–Crippen MR) is 199 cm³/mol. The zero-order valence-corrected chi connectivity index (χ0v) is 31.1. The van der Waals surface area contributed by atoms with Crippen LogP contribution in [0.4, 0.5) is 0 Å². The average molecular weight is 684 g/mol. The molecule has 0 saturated carbocycles. The smallest absolute Gasteiger partial charge is 0.267 e. The van der Waals surface area contributed by atoms with E-state index in [1.807, 2.05) is 6.08 Å². The first kappa shape index (κ1) is 45.5. The number of hydrogen-bond donors (Lipinski definition) is 4. The van der Waals surface area contributed by atoms with Crippen LogP contribution in [0, 0.1) is 0 Å². The lowest BCUT2D eigenvalue weighted by atomic mass is 10.0. The number of allylic oxidation sites excluding steroid dienone is 4. The van der Waals surface area contributed by atoms with Crippen molar-refractivity contribution in [1.29, 1.82) is 0 Å². The second-order valence-electron chi connectivity index (χ2n) is 13.4. The molecule has 0 radical (unpaired) electrons. The van der Waals surface area contributed by atoms with Crippen molar-refractivity contribution in [3.63, 3.8) is 0 Å². The monoisotopic (exact) mass is 684 g/mol. The summed E-state index contributed by atoms with van der Waals surface area (Å²) in [7, 11) is -4.45. The number of aliphatic hydroxyl groups is 2. The van der Waals surface area contributed by atoms with Gasteiger partial charge in [0.25, 0.3) is 10.1 Å². The van der Waals surface area contributed by atoms with E-state index in [0.29, 0.717) is 6.42 Å². The standard InChI is InChI=1S/C39H73NO6S/c1-3-5-7-9-11-13-15-17-18-19-20-21-22-24-25-27-29-31-33-37(41)36(35-47(44,45)46)40-39(43)38(42)34-32-30-28-26-23-16-14-12-10-8-6-4-2/h23,26,30-33,36-38,41-42H,3-22,24-25,27-29,34-35H2,1-2H3,(H,40,43)(H,44,45,46)/b26-23-,32-30-,33-31+. The lowest BCUT2D eigenvalue weighted by Crippen LogP contribution is -2.50. The molecule has 0 aromatic heterocycles. The third-order valence-corrected chi connectivity index (χ3v) is 9.46. The van der Waals surface area contributed by atoms with Crippen molar-refractivity contribution in [2.45, 2.75) is 199 Å². The van der Waals surface area contributed by atoms with Crippen LogP contribution in [0.3, 0.4) is 0 Å². The Kier molecular flexibility index (Phi) is 32.0. The summed E-state index contributed by atoms with van der Waals surface area (Å²) in [5.41, 5.74) is 0. The molecule has 3 atom stereocenters. The van der Waals surface area contributed by atoms with Gasteiger partial charge in [-0.05, 0) is 32.1 Å². The Hall–Kier alpha value is -1.48. The maximum absolute atomic E-state index is 12.5. The van der Waals surface area contributed by atoms with E-state index in [4.69, 9.17) is 0 Å². The Labute approximate surface area is 289 Å². The number of unbranched alkanes of at least 4 members (excludes halogenated alkanes) is 22. The molecule has 0 aromatic carbocycles. The first-order valence-corrected chi connectivity index (χ1v) is 20.9. The van der Waals surface area contributed by atoms with E-state index < -0.39 is 40.0 Å². The van der Waals surface area contributed by atoms with E-state index in [1.54, 1.807) is 12.2 Å². The SMILES string of the molecule is CCCCCCCC/C=C\C/C=C\CC(O)C(=O)NC(CS(=O)(=O)O)C(O)/C=C/CCCCCCCCCCCCCCCCCC. The minimum Gasteiger partial charge on any atom is -0.387 e. The molecule has 276 valence electrons. The molecule has 0 rings (SSSR count). The number of carbonyl (C=O) groups excluding carboxylic acids is 1. The van der Waals surface area contributed by atoms with E-state index in [9.17, 15) is 28.0 Å². The molecule has 0 saturated heterocycles. The summed E-state index contributed by atoms with van der Waals surface area (Å²) < 4.78 is 32.4. The van der Waals surface area contributed by atoms with Gasteiger partial charge >= 0.3 is 0 Å². The Morgan fingerprint density at radius 1 is 0.596 bits per heavy atom. The quantitative estimate of drug-likeness (QED) is 0.0304. The maximum atomic E-state index is 12.5. The number of hydrogen-bond acceptors (Lipinski definition) is 5. The van der Waals surface area contributed by atoms with Crippen LogP contribution < -0.4 is 5.32 Å². The summed E-state index contributed by atoms with van der Waals surface area (Å²) in [6.07, 6.45) is 39.3. The van der Waals surface area contributed by atoms with Gasteiger partial charge in [0.15, 0.2) is 0 Å². The zero-order chi connectivity index (χ0) is 34.9. The molecule has 47 heavy (non-hydrogen) atoms. The lowest BCUT2D eigenvalue weighted by molar-refractivity contribution is -0.130. The number of nitrogens with one attached hydrogen (secondary N) is 1. The number of aliphatic hydroxyl groups excluding tert-OH is 2. The Balaban J connectivity index is 4.15. The number of rotatable bonds is 34. The topological polar surface area (TPSA) is 124 Å². The Bertz CT molecular complexity index is 901. The van der Waals surface area contributed by atoms with Crippen molar-refractivity contribution >= 4 is 16.0 Å². The first-order chi connectivity index (χ1) is 22.7. The van der Waals surface area contributed by atoms with Crippen LogP contribution in [-0.4, -0.2) is 53.1 Å². The fourth-order valence-electron chi connectivity index (χ4n) is 5.68. The van der Waals surface area contributed by atoms with Crippen molar-refractivity contribution in [3.8, 4) is 0 Å². The molecule has 8 heteroatoms. The Morgan fingerprint density at radius 3 is 1.45 bits per heavy atom. The average Bonchev–Trinajstić information content (AvgIpc) is 3.03. The van der Waals surface area contributed by atoms with Crippen molar-refractivity contribution in [2.24, 2.45) is 0 Å². The van der Waals surface area contributed by atoms with Gasteiger partial charge in [-0.2, -0.15) is 8.42 Å². The molecular weight excluding hydrogens is 610 g/mol. The molecule has 4 N–H and O–H groups in total. The third kappa shape index (κ3) is 32.8. The highest BCUT2D eigenvalue weighted by atomic mass is 32.2. The molecule has 0 bridgehead atoms. The van der Waals surface area contributed by atoms with Gasteiger partial charge in [-0.25, -0.2) is 0 Å². The second-order valence-corrected chi connectivity index (χ2v) is 14.9. The van der Waals surface area contributed by atoms with Crippen molar-refractivity contribution in [3.05, 3.63) is 36.5 Å². The zero-order valence-electron chi connectivity index (χ0n) is 30.3. The summed E-state index contributed by atoms with van der Waals surface area (Å²) >= 11 is 0. The highest BCUT2D eigenvalue weighted by Gasteiger charge is 2.27. The molecule has 0 fully saturated rings. The fourth-order valence-corrected chi connectivity index (χ4v) is 6.41. The van der Waals surface area contributed by atoms with Gasteiger partial charge in [0.2, 0.25) is 5.91 Å². The number of amides is 1. The van der Waals surface area contributed by atoms with Crippen LogP contribution in [0.1, 0.15) is 181 Å². The lowest BCUT2D eigenvalue weighted by Gasteiger charge is -2.22. The van der Waals surface area contributed by atoms with Crippen LogP contribution in [0.2, 0.25) is 0 Å². The minimum atomic E-state index is -4.45. The molecule has 1 amide bonds. The number of carbonyl (C=O) groups is 1. The maximum Gasteiger partial charge on any atom is 0.267 e. The van der Waals surface area contributed by atoms with Crippen LogP contribution in [0.5, 0.6) is 0 Å². The van der Waals surface area contributed by atoms with Crippen molar-refractivity contribution < 1.29 is 28.0 Å². The molecule has 0 aliphatic rings. The molecule has 0 heterocycles. The molecular formula is C39H73NO6S. The van der Waals surface area contributed by atoms with Crippen molar-refractivity contribution in [1.82, 2.24) is 5.32 Å². The largest absolute Gasteiger partial charge is 0.387 e. The first-order valence-electron chi connectivity index (χ1n) is 19.3. The van der Waals surface area contributed by atoms with E-state index in [1.165, 1.54) is 134 Å². The van der Waals surface area contributed by atoms with Gasteiger partial charge < -0.3 is 15.5 Å². The minimum absolute atomic E-state index is 0.0703. The van der Waals surface area contributed by atoms with Crippen LogP contribution in [0.25, 0.3) is 0 Å². The second kappa shape index (κ2) is 33.0. The van der Waals surface area contributed by atoms with E-state index in [-0.39, 0.29) is 6.42 Å². The van der Waals surface area contributed by atoms with Crippen molar-refractivity contribution in [2.75, 3.05) is 5.75 Å². The molecule has 0 aliphatic heterocycles. The van der Waals surface area contributed by atoms with E-state index in [2.05, 4.69) is 31.3 Å². The normalized spacial score (nSPS) is 14.4. The van der Waals surface area contributed by atoms with Gasteiger partial charge in [0.05, 0.1) is 17.9 Å².